The van der Waals surface area contributed by atoms with E-state index in [1.165, 1.54) is 18.4 Å². The number of aromatic nitrogens is 1. The number of amides is 1. The quantitative estimate of drug-likeness (QED) is 0.417. The fourth-order valence-electron chi connectivity index (χ4n) is 3.36. The van der Waals surface area contributed by atoms with Crippen molar-refractivity contribution < 1.29 is 23.8 Å². The topological polar surface area (TPSA) is 86.8 Å². The number of rotatable bonds is 6. The van der Waals surface area contributed by atoms with E-state index in [1.807, 2.05) is 36.4 Å². The number of hydrogen-bond acceptors (Lipinski definition) is 7. The highest BCUT2D eigenvalue weighted by atomic mass is 32.1. The standard InChI is InChI=1S/C24H20N2O5S/c1-29-14-8-9-16(21(12-14)30-2)20-13-17(15-6-4-5-7-18(15)25-20)23(27)26-19-10-11-32-22(19)24(28)31-3/h4-13H,1-3H3,(H,26,27). The Kier molecular flexibility index (Phi) is 6.04. The normalized spacial score (nSPS) is 10.6. The van der Waals surface area contributed by atoms with Crippen LogP contribution in [0.15, 0.2) is 60.0 Å². The molecule has 32 heavy (non-hydrogen) atoms. The van der Waals surface area contributed by atoms with Crippen molar-refractivity contribution in [2.24, 2.45) is 0 Å². The summed E-state index contributed by atoms with van der Waals surface area (Å²) in [5.74, 6) is 0.362. The van der Waals surface area contributed by atoms with E-state index in [4.69, 9.17) is 19.2 Å². The Bertz CT molecular complexity index is 1310. The van der Waals surface area contributed by atoms with E-state index in [9.17, 15) is 9.59 Å². The van der Waals surface area contributed by atoms with Gasteiger partial charge in [0.2, 0.25) is 0 Å². The molecule has 0 aliphatic carbocycles. The average molecular weight is 449 g/mol. The van der Waals surface area contributed by atoms with Gasteiger partial charge in [-0.3, -0.25) is 4.79 Å². The molecular weight excluding hydrogens is 428 g/mol. The fraction of sp³-hybridized carbons (Fsp3) is 0.125. The molecule has 0 radical (unpaired) electrons. The third-order valence-electron chi connectivity index (χ3n) is 4.93. The van der Waals surface area contributed by atoms with E-state index in [1.54, 1.807) is 37.8 Å². The van der Waals surface area contributed by atoms with Crippen molar-refractivity contribution in [1.82, 2.24) is 4.98 Å². The number of nitrogens with one attached hydrogen (secondary N) is 1. The van der Waals surface area contributed by atoms with Crippen molar-refractivity contribution in [3.8, 4) is 22.8 Å². The number of fused-ring (bicyclic) bond motifs is 1. The minimum absolute atomic E-state index is 0.330. The molecule has 0 unspecified atom stereocenters. The second-order valence-corrected chi connectivity index (χ2v) is 7.66. The number of esters is 1. The number of carbonyl (C=O) groups is 2. The van der Waals surface area contributed by atoms with Crippen molar-refractivity contribution in [2.45, 2.75) is 0 Å². The molecule has 1 amide bonds. The van der Waals surface area contributed by atoms with Crippen LogP contribution >= 0.6 is 11.3 Å². The maximum atomic E-state index is 13.3. The Morgan fingerprint density at radius 1 is 0.969 bits per heavy atom. The number of carbonyl (C=O) groups excluding carboxylic acids is 2. The number of thiophene rings is 1. The average Bonchev–Trinajstić information content (AvgIpc) is 3.30. The summed E-state index contributed by atoms with van der Waals surface area (Å²) in [5, 5.41) is 5.24. The molecule has 0 spiro atoms. The fourth-order valence-corrected chi connectivity index (χ4v) is 4.13. The lowest BCUT2D eigenvalue weighted by molar-refractivity contribution is 0.0607. The van der Waals surface area contributed by atoms with Gasteiger partial charge in [-0.25, -0.2) is 9.78 Å². The molecule has 0 aliphatic rings. The van der Waals surface area contributed by atoms with Gasteiger partial charge in [0.1, 0.15) is 16.4 Å². The summed E-state index contributed by atoms with van der Waals surface area (Å²) in [5.41, 5.74) is 2.78. The van der Waals surface area contributed by atoms with Crippen LogP contribution in [0.1, 0.15) is 20.0 Å². The smallest absolute Gasteiger partial charge is 0.350 e. The predicted octanol–water partition coefficient (Wildman–Crippen LogP) is 5.02. The molecule has 2 aromatic carbocycles. The number of anilines is 1. The van der Waals surface area contributed by atoms with Crippen molar-refractivity contribution in [1.29, 1.82) is 0 Å². The molecule has 4 aromatic rings. The van der Waals surface area contributed by atoms with Crippen molar-refractivity contribution in [3.05, 3.63) is 70.4 Å². The van der Waals surface area contributed by atoms with Crippen LogP contribution in [-0.4, -0.2) is 38.2 Å². The van der Waals surface area contributed by atoms with Gasteiger partial charge in [-0.15, -0.1) is 11.3 Å². The van der Waals surface area contributed by atoms with Gasteiger partial charge in [0.05, 0.1) is 43.8 Å². The zero-order valence-electron chi connectivity index (χ0n) is 17.7. The van der Waals surface area contributed by atoms with Gasteiger partial charge >= 0.3 is 5.97 Å². The molecule has 4 rings (SSSR count). The van der Waals surface area contributed by atoms with Crippen molar-refractivity contribution >= 4 is 39.8 Å². The van der Waals surface area contributed by atoms with Crippen molar-refractivity contribution in [3.63, 3.8) is 0 Å². The molecule has 2 heterocycles. The summed E-state index contributed by atoms with van der Waals surface area (Å²) in [7, 11) is 4.45. The molecule has 0 fully saturated rings. The zero-order valence-corrected chi connectivity index (χ0v) is 18.5. The molecule has 0 aliphatic heterocycles. The number of ether oxygens (including phenoxy) is 3. The van der Waals surface area contributed by atoms with E-state index in [0.29, 0.717) is 44.2 Å². The second-order valence-electron chi connectivity index (χ2n) is 6.75. The van der Waals surface area contributed by atoms with E-state index >= 15 is 0 Å². The zero-order chi connectivity index (χ0) is 22.7. The van der Waals surface area contributed by atoms with Crippen LogP contribution in [0.4, 0.5) is 5.69 Å². The van der Waals surface area contributed by atoms with E-state index in [0.717, 1.165) is 5.56 Å². The third-order valence-corrected chi connectivity index (χ3v) is 5.82. The lowest BCUT2D eigenvalue weighted by Gasteiger charge is -2.13. The Morgan fingerprint density at radius 2 is 1.78 bits per heavy atom. The van der Waals surface area contributed by atoms with E-state index in [-0.39, 0.29) is 5.91 Å². The molecule has 7 nitrogen and oxygen atoms in total. The van der Waals surface area contributed by atoms with E-state index < -0.39 is 5.97 Å². The first-order valence-corrected chi connectivity index (χ1v) is 10.5. The van der Waals surface area contributed by atoms with Gasteiger partial charge in [-0.05, 0) is 35.7 Å². The number of methoxy groups -OCH3 is 3. The molecule has 8 heteroatoms. The first-order chi connectivity index (χ1) is 15.5. The summed E-state index contributed by atoms with van der Waals surface area (Å²) in [6.45, 7) is 0. The van der Waals surface area contributed by atoms with Crippen LogP contribution in [0, 0.1) is 0 Å². The summed E-state index contributed by atoms with van der Waals surface area (Å²) in [6.07, 6.45) is 0. The van der Waals surface area contributed by atoms with Gasteiger partial charge in [-0.2, -0.15) is 0 Å². The van der Waals surface area contributed by atoms with Crippen LogP contribution in [0.25, 0.3) is 22.2 Å². The largest absolute Gasteiger partial charge is 0.497 e. The highest BCUT2D eigenvalue weighted by Crippen LogP contribution is 2.34. The second kappa shape index (κ2) is 9.07. The lowest BCUT2D eigenvalue weighted by atomic mass is 10.0. The van der Waals surface area contributed by atoms with Crippen LogP contribution in [0.5, 0.6) is 11.5 Å². The van der Waals surface area contributed by atoms with Crippen molar-refractivity contribution in [2.75, 3.05) is 26.6 Å². The summed E-state index contributed by atoms with van der Waals surface area (Å²) in [4.78, 5) is 30.3. The van der Waals surface area contributed by atoms with Crippen LogP contribution in [0.2, 0.25) is 0 Å². The Labute approximate surface area is 188 Å². The maximum absolute atomic E-state index is 13.3. The summed E-state index contributed by atoms with van der Waals surface area (Å²) < 4.78 is 15.6. The van der Waals surface area contributed by atoms with Gasteiger partial charge in [0.15, 0.2) is 0 Å². The molecule has 0 saturated heterocycles. The minimum atomic E-state index is -0.501. The molecule has 2 aromatic heterocycles. The summed E-state index contributed by atoms with van der Waals surface area (Å²) >= 11 is 1.20. The molecule has 162 valence electrons. The molecule has 0 saturated carbocycles. The van der Waals surface area contributed by atoms with Crippen LogP contribution in [-0.2, 0) is 4.74 Å². The maximum Gasteiger partial charge on any atom is 0.350 e. The Balaban J connectivity index is 1.81. The minimum Gasteiger partial charge on any atom is -0.497 e. The van der Waals surface area contributed by atoms with E-state index in [2.05, 4.69) is 5.32 Å². The van der Waals surface area contributed by atoms with Gasteiger partial charge in [0.25, 0.3) is 5.91 Å². The predicted molar refractivity (Wildman–Crippen MR) is 124 cm³/mol. The highest BCUT2D eigenvalue weighted by molar-refractivity contribution is 7.12. The molecular formula is C24H20N2O5S. The van der Waals surface area contributed by atoms with Gasteiger partial charge < -0.3 is 19.5 Å². The number of nitrogens with zero attached hydrogens (tertiary/aromatic N) is 1. The Morgan fingerprint density at radius 3 is 2.53 bits per heavy atom. The van der Waals surface area contributed by atoms with Crippen LogP contribution in [0.3, 0.4) is 0 Å². The number of hydrogen-bond donors (Lipinski definition) is 1. The number of benzene rings is 2. The van der Waals surface area contributed by atoms with Gasteiger partial charge in [0, 0.05) is 17.0 Å². The number of pyridine rings is 1. The molecule has 0 bridgehead atoms. The van der Waals surface area contributed by atoms with Crippen LogP contribution < -0.4 is 14.8 Å². The third kappa shape index (κ3) is 4.00. The molecule has 0 atom stereocenters. The SMILES string of the molecule is COC(=O)c1sccc1NC(=O)c1cc(-c2ccc(OC)cc2OC)nc2ccccc12. The Hall–Kier alpha value is -3.91. The summed E-state index contributed by atoms with van der Waals surface area (Å²) in [6, 6.07) is 16.2. The first-order valence-electron chi connectivity index (χ1n) is 9.65. The van der Waals surface area contributed by atoms with Gasteiger partial charge in [-0.1, -0.05) is 18.2 Å². The first kappa shape index (κ1) is 21.3. The highest BCUT2D eigenvalue weighted by Gasteiger charge is 2.20. The monoisotopic (exact) mass is 448 g/mol. The molecule has 1 N–H and O–H groups in total. The lowest BCUT2D eigenvalue weighted by Crippen LogP contribution is -2.15. The number of para-hydroxylation sites is 1.